The van der Waals surface area contributed by atoms with Crippen LogP contribution in [0, 0.1) is 0 Å². The van der Waals surface area contributed by atoms with Crippen LogP contribution in [0.2, 0.25) is 5.02 Å². The zero-order chi connectivity index (χ0) is 16.9. The summed E-state index contributed by atoms with van der Waals surface area (Å²) in [5, 5.41) is 3.20. The van der Waals surface area contributed by atoms with Gasteiger partial charge in [0.1, 0.15) is 0 Å². The molecule has 2 aromatic heterocycles. The molecule has 24 heavy (non-hydrogen) atoms. The molecular weight excluding hydrogens is 326 g/mol. The fourth-order valence-electron chi connectivity index (χ4n) is 2.31. The number of pyridine rings is 1. The molecule has 1 amide bonds. The Kier molecular flexibility index (Phi) is 4.72. The van der Waals surface area contributed by atoms with Crippen molar-refractivity contribution in [1.82, 2.24) is 9.97 Å². The quantitative estimate of drug-likeness (QED) is 0.699. The number of hydrogen-bond donors (Lipinski definition) is 2. The third kappa shape index (κ3) is 3.70. The number of amides is 1. The van der Waals surface area contributed by atoms with Crippen molar-refractivity contribution in [2.75, 3.05) is 5.32 Å². The molecule has 5 nitrogen and oxygen atoms in total. The number of anilines is 1. The molecule has 0 aliphatic rings. The van der Waals surface area contributed by atoms with Crippen LogP contribution in [0.1, 0.15) is 21.6 Å². The molecule has 2 heterocycles. The highest BCUT2D eigenvalue weighted by Gasteiger charge is 2.17. The average Bonchev–Trinajstić information content (AvgIpc) is 3.11. The van der Waals surface area contributed by atoms with E-state index in [1.165, 1.54) is 0 Å². The Balaban J connectivity index is 1.83. The fraction of sp³-hybridized carbons (Fsp3) is 0.0556. The number of nitrogens with one attached hydrogen (secondary N) is 2. The number of aromatic nitrogens is 2. The van der Waals surface area contributed by atoms with Gasteiger partial charge in [-0.25, -0.2) is 0 Å². The highest BCUT2D eigenvalue weighted by atomic mass is 35.5. The van der Waals surface area contributed by atoms with Crippen molar-refractivity contribution in [2.45, 2.75) is 6.42 Å². The standard InChI is InChI=1S/C18H14ClN3O2/c19-13-5-6-15(14(10-13)18(24)16-4-2-8-21-16)22-17(23)9-12-3-1-7-20-11-12/h1-8,10-11,21H,9H2,(H,22,23). The molecule has 0 spiro atoms. The minimum absolute atomic E-state index is 0.173. The molecule has 120 valence electrons. The number of rotatable bonds is 5. The molecule has 0 unspecified atom stereocenters. The first kappa shape index (κ1) is 16.0. The van der Waals surface area contributed by atoms with E-state index >= 15 is 0 Å². The van der Waals surface area contributed by atoms with E-state index in [9.17, 15) is 9.59 Å². The van der Waals surface area contributed by atoms with Crippen LogP contribution in [0.25, 0.3) is 0 Å². The van der Waals surface area contributed by atoms with Crippen LogP contribution in [-0.2, 0) is 11.2 Å². The lowest BCUT2D eigenvalue weighted by atomic mass is 10.1. The molecule has 3 rings (SSSR count). The molecule has 1 aromatic carbocycles. The van der Waals surface area contributed by atoms with E-state index in [-0.39, 0.29) is 18.1 Å². The van der Waals surface area contributed by atoms with Crippen LogP contribution in [0.5, 0.6) is 0 Å². The average molecular weight is 340 g/mol. The summed E-state index contributed by atoms with van der Waals surface area (Å²) in [4.78, 5) is 31.6. The maximum absolute atomic E-state index is 12.6. The van der Waals surface area contributed by atoms with E-state index in [1.54, 1.807) is 55.0 Å². The van der Waals surface area contributed by atoms with Gasteiger partial charge >= 0.3 is 0 Å². The predicted molar refractivity (Wildman–Crippen MR) is 92.2 cm³/mol. The van der Waals surface area contributed by atoms with Crippen molar-refractivity contribution in [3.8, 4) is 0 Å². The number of carbonyl (C=O) groups is 2. The molecule has 0 bridgehead atoms. The summed E-state index contributed by atoms with van der Waals surface area (Å²) in [5.74, 6) is -0.468. The first-order valence-electron chi connectivity index (χ1n) is 7.30. The molecule has 2 N–H and O–H groups in total. The van der Waals surface area contributed by atoms with Crippen molar-refractivity contribution in [2.24, 2.45) is 0 Å². The van der Waals surface area contributed by atoms with Crippen molar-refractivity contribution in [3.05, 3.63) is 82.9 Å². The summed E-state index contributed by atoms with van der Waals surface area (Å²) in [7, 11) is 0. The van der Waals surface area contributed by atoms with Crippen LogP contribution in [0.15, 0.2) is 61.1 Å². The molecule has 0 fully saturated rings. The van der Waals surface area contributed by atoms with Gasteiger partial charge in [-0.3, -0.25) is 14.6 Å². The first-order chi connectivity index (χ1) is 11.6. The van der Waals surface area contributed by atoms with Crippen molar-refractivity contribution in [3.63, 3.8) is 0 Å². The number of halogens is 1. The number of H-pyrrole nitrogens is 1. The summed E-state index contributed by atoms with van der Waals surface area (Å²) in [5.41, 5.74) is 1.98. The molecule has 0 saturated heterocycles. The maximum Gasteiger partial charge on any atom is 0.228 e. The van der Waals surface area contributed by atoms with Crippen LogP contribution in [0.4, 0.5) is 5.69 Å². The van der Waals surface area contributed by atoms with Gasteiger partial charge in [-0.2, -0.15) is 0 Å². The number of ketones is 1. The maximum atomic E-state index is 12.6. The molecule has 0 aliphatic carbocycles. The molecule has 0 aliphatic heterocycles. The Morgan fingerprint density at radius 2 is 2.04 bits per heavy atom. The van der Waals surface area contributed by atoms with E-state index in [0.29, 0.717) is 22.0 Å². The van der Waals surface area contributed by atoms with E-state index in [4.69, 9.17) is 11.6 Å². The van der Waals surface area contributed by atoms with Gasteiger partial charge in [0.15, 0.2) is 0 Å². The summed E-state index contributed by atoms with van der Waals surface area (Å²) in [6.45, 7) is 0. The number of carbonyl (C=O) groups excluding carboxylic acids is 2. The van der Waals surface area contributed by atoms with E-state index in [0.717, 1.165) is 5.56 Å². The van der Waals surface area contributed by atoms with Crippen LogP contribution in [-0.4, -0.2) is 21.7 Å². The second-order valence-electron chi connectivity index (χ2n) is 5.19. The van der Waals surface area contributed by atoms with E-state index < -0.39 is 0 Å². The SMILES string of the molecule is O=C(Cc1cccnc1)Nc1ccc(Cl)cc1C(=O)c1ccc[nH]1. The highest BCUT2D eigenvalue weighted by Crippen LogP contribution is 2.23. The first-order valence-corrected chi connectivity index (χ1v) is 7.67. The van der Waals surface area contributed by atoms with Gasteiger partial charge in [0.05, 0.1) is 17.8 Å². The lowest BCUT2D eigenvalue weighted by Crippen LogP contribution is -2.17. The smallest absolute Gasteiger partial charge is 0.228 e. The number of aromatic amines is 1. The second kappa shape index (κ2) is 7.10. The predicted octanol–water partition coefficient (Wildman–Crippen LogP) is 3.48. The zero-order valence-corrected chi connectivity index (χ0v) is 13.4. The van der Waals surface area contributed by atoms with E-state index in [1.807, 2.05) is 6.07 Å². The number of hydrogen-bond acceptors (Lipinski definition) is 3. The van der Waals surface area contributed by atoms with Crippen LogP contribution < -0.4 is 5.32 Å². The highest BCUT2D eigenvalue weighted by molar-refractivity contribution is 6.31. The summed E-state index contributed by atoms with van der Waals surface area (Å²) < 4.78 is 0. The van der Waals surface area contributed by atoms with Gasteiger partial charge in [0.25, 0.3) is 0 Å². The summed E-state index contributed by atoms with van der Waals surface area (Å²) in [6, 6.07) is 11.8. The third-order valence-corrected chi connectivity index (χ3v) is 3.67. The molecule has 6 heteroatoms. The van der Waals surface area contributed by atoms with Crippen molar-refractivity contribution < 1.29 is 9.59 Å². The Hall–Kier alpha value is -2.92. The molecule has 0 saturated carbocycles. The fourth-order valence-corrected chi connectivity index (χ4v) is 2.48. The largest absolute Gasteiger partial charge is 0.359 e. The zero-order valence-electron chi connectivity index (χ0n) is 12.6. The second-order valence-corrected chi connectivity index (χ2v) is 5.63. The third-order valence-electron chi connectivity index (χ3n) is 3.43. The number of nitrogens with zero attached hydrogens (tertiary/aromatic N) is 1. The van der Waals surface area contributed by atoms with Gasteiger partial charge < -0.3 is 10.3 Å². The van der Waals surface area contributed by atoms with Gasteiger partial charge in [-0.15, -0.1) is 0 Å². The van der Waals surface area contributed by atoms with Crippen molar-refractivity contribution in [1.29, 1.82) is 0 Å². The Bertz CT molecular complexity index is 861. The lowest BCUT2D eigenvalue weighted by molar-refractivity contribution is -0.115. The Morgan fingerprint density at radius 1 is 1.17 bits per heavy atom. The monoisotopic (exact) mass is 339 g/mol. The Labute approximate surface area is 143 Å². The van der Waals surface area contributed by atoms with Crippen LogP contribution in [0.3, 0.4) is 0 Å². The lowest BCUT2D eigenvalue weighted by Gasteiger charge is -2.10. The minimum Gasteiger partial charge on any atom is -0.359 e. The minimum atomic E-state index is -0.237. The van der Waals surface area contributed by atoms with Crippen molar-refractivity contribution >= 4 is 29.0 Å². The molecular formula is C18H14ClN3O2. The Morgan fingerprint density at radius 3 is 2.75 bits per heavy atom. The normalized spacial score (nSPS) is 10.4. The summed E-state index contributed by atoms with van der Waals surface area (Å²) in [6.07, 6.45) is 5.12. The van der Waals surface area contributed by atoms with Gasteiger partial charge in [0, 0.05) is 29.2 Å². The number of benzene rings is 1. The summed E-state index contributed by atoms with van der Waals surface area (Å²) >= 11 is 6.01. The topological polar surface area (TPSA) is 74.8 Å². The molecule has 0 atom stereocenters. The van der Waals surface area contributed by atoms with Gasteiger partial charge in [0.2, 0.25) is 11.7 Å². The van der Waals surface area contributed by atoms with Crippen LogP contribution >= 0.6 is 11.6 Å². The molecule has 0 radical (unpaired) electrons. The van der Waals surface area contributed by atoms with Gasteiger partial charge in [-0.05, 0) is 42.0 Å². The molecule has 3 aromatic rings. The van der Waals surface area contributed by atoms with Gasteiger partial charge in [-0.1, -0.05) is 17.7 Å². The van der Waals surface area contributed by atoms with E-state index in [2.05, 4.69) is 15.3 Å².